The van der Waals surface area contributed by atoms with Gasteiger partial charge in [-0.15, -0.1) is 0 Å². The SMILES string of the molecule is OC1CCN(c2ccc3c(cnn3C3CC3)c2)C1. The van der Waals surface area contributed by atoms with Gasteiger partial charge in [-0.3, -0.25) is 4.68 Å². The molecule has 1 aromatic heterocycles. The second-order valence-electron chi connectivity index (χ2n) is 5.45. The fraction of sp³-hybridized carbons (Fsp3) is 0.500. The summed E-state index contributed by atoms with van der Waals surface area (Å²) < 4.78 is 2.15. The highest BCUT2D eigenvalue weighted by Crippen LogP contribution is 2.37. The minimum absolute atomic E-state index is 0.171. The Morgan fingerprint density at radius 3 is 2.83 bits per heavy atom. The fourth-order valence-corrected chi connectivity index (χ4v) is 2.82. The molecule has 0 bridgehead atoms. The van der Waals surface area contributed by atoms with Crippen LogP contribution in [0.5, 0.6) is 0 Å². The molecule has 2 fully saturated rings. The van der Waals surface area contributed by atoms with Gasteiger partial charge in [-0.2, -0.15) is 5.10 Å². The Bertz CT molecular complexity index is 588. The number of benzene rings is 1. The van der Waals surface area contributed by atoms with Crippen LogP contribution in [-0.2, 0) is 0 Å². The van der Waals surface area contributed by atoms with E-state index in [0.717, 1.165) is 19.5 Å². The van der Waals surface area contributed by atoms with Gasteiger partial charge in [-0.25, -0.2) is 0 Å². The van der Waals surface area contributed by atoms with E-state index in [1.807, 2.05) is 6.20 Å². The lowest BCUT2D eigenvalue weighted by molar-refractivity contribution is 0.198. The van der Waals surface area contributed by atoms with Gasteiger partial charge in [0.05, 0.1) is 23.9 Å². The zero-order chi connectivity index (χ0) is 12.1. The van der Waals surface area contributed by atoms with Gasteiger partial charge in [-0.1, -0.05) is 0 Å². The van der Waals surface area contributed by atoms with Crippen molar-refractivity contribution in [3.63, 3.8) is 0 Å². The first-order chi connectivity index (χ1) is 8.81. The molecule has 1 saturated heterocycles. The van der Waals surface area contributed by atoms with Gasteiger partial charge in [0.15, 0.2) is 0 Å². The Hall–Kier alpha value is -1.55. The number of fused-ring (bicyclic) bond motifs is 1. The lowest BCUT2D eigenvalue weighted by Crippen LogP contribution is -2.20. The van der Waals surface area contributed by atoms with Crippen molar-refractivity contribution in [3.8, 4) is 0 Å². The highest BCUT2D eigenvalue weighted by atomic mass is 16.3. The van der Waals surface area contributed by atoms with E-state index in [9.17, 15) is 5.11 Å². The minimum Gasteiger partial charge on any atom is -0.391 e. The van der Waals surface area contributed by atoms with Gasteiger partial charge in [0.25, 0.3) is 0 Å². The number of aliphatic hydroxyl groups excluding tert-OH is 1. The summed E-state index contributed by atoms with van der Waals surface area (Å²) in [6.07, 6.45) is 5.19. The second-order valence-corrected chi connectivity index (χ2v) is 5.45. The number of β-amino-alcohol motifs (C(OH)–C–C–N with tert-alkyl or cyclic N) is 1. The first-order valence-electron chi connectivity index (χ1n) is 6.71. The van der Waals surface area contributed by atoms with Crippen molar-refractivity contribution in [2.24, 2.45) is 0 Å². The lowest BCUT2D eigenvalue weighted by Gasteiger charge is -2.17. The number of anilines is 1. The fourth-order valence-electron chi connectivity index (χ4n) is 2.82. The Labute approximate surface area is 106 Å². The van der Waals surface area contributed by atoms with E-state index >= 15 is 0 Å². The molecule has 2 aliphatic rings. The van der Waals surface area contributed by atoms with Crippen molar-refractivity contribution in [2.45, 2.75) is 31.4 Å². The molecule has 94 valence electrons. The molecule has 0 amide bonds. The molecule has 4 nitrogen and oxygen atoms in total. The van der Waals surface area contributed by atoms with Crippen molar-refractivity contribution in [2.75, 3.05) is 18.0 Å². The third-order valence-electron chi connectivity index (χ3n) is 4.00. The van der Waals surface area contributed by atoms with Gasteiger partial charge in [0.1, 0.15) is 0 Å². The van der Waals surface area contributed by atoms with Gasteiger partial charge >= 0.3 is 0 Å². The third kappa shape index (κ3) is 1.60. The monoisotopic (exact) mass is 243 g/mol. The zero-order valence-electron chi connectivity index (χ0n) is 10.3. The summed E-state index contributed by atoms with van der Waals surface area (Å²) in [4.78, 5) is 2.25. The molecule has 4 heteroatoms. The lowest BCUT2D eigenvalue weighted by atomic mass is 10.2. The molecule has 1 atom stereocenters. The van der Waals surface area contributed by atoms with Crippen LogP contribution >= 0.6 is 0 Å². The summed E-state index contributed by atoms with van der Waals surface area (Å²) in [5, 5.41) is 15.3. The normalized spacial score (nSPS) is 24.1. The molecule has 1 unspecified atom stereocenters. The van der Waals surface area contributed by atoms with Crippen molar-refractivity contribution >= 4 is 16.6 Å². The molecule has 1 aromatic carbocycles. The van der Waals surface area contributed by atoms with Crippen LogP contribution < -0.4 is 4.90 Å². The van der Waals surface area contributed by atoms with E-state index in [4.69, 9.17) is 0 Å². The number of rotatable bonds is 2. The molecular formula is C14H17N3O. The molecule has 2 aromatic rings. The second kappa shape index (κ2) is 3.72. The largest absolute Gasteiger partial charge is 0.391 e. The summed E-state index contributed by atoms with van der Waals surface area (Å²) >= 11 is 0. The number of hydrogen-bond donors (Lipinski definition) is 1. The van der Waals surface area contributed by atoms with E-state index in [0.29, 0.717) is 6.04 Å². The number of hydrogen-bond acceptors (Lipinski definition) is 3. The molecular weight excluding hydrogens is 226 g/mol. The van der Waals surface area contributed by atoms with Crippen LogP contribution in [0, 0.1) is 0 Å². The van der Waals surface area contributed by atoms with Crippen LogP contribution in [0.4, 0.5) is 5.69 Å². The van der Waals surface area contributed by atoms with Crippen LogP contribution in [0.3, 0.4) is 0 Å². The molecule has 1 aliphatic heterocycles. The maximum atomic E-state index is 9.60. The van der Waals surface area contributed by atoms with Gasteiger partial charge in [-0.05, 0) is 37.5 Å². The average molecular weight is 243 g/mol. The number of nitrogens with zero attached hydrogens (tertiary/aromatic N) is 3. The third-order valence-corrected chi connectivity index (χ3v) is 4.00. The molecule has 4 rings (SSSR count). The molecule has 1 aliphatic carbocycles. The quantitative estimate of drug-likeness (QED) is 0.876. The Kier molecular flexibility index (Phi) is 2.14. The molecule has 18 heavy (non-hydrogen) atoms. The molecule has 1 N–H and O–H groups in total. The summed E-state index contributed by atoms with van der Waals surface area (Å²) in [7, 11) is 0. The molecule has 0 radical (unpaired) electrons. The topological polar surface area (TPSA) is 41.3 Å². The van der Waals surface area contributed by atoms with Gasteiger partial charge < -0.3 is 10.0 Å². The predicted octanol–water partition coefficient (Wildman–Crippen LogP) is 1.94. The average Bonchev–Trinajstić information content (AvgIpc) is 2.99. The Morgan fingerprint density at radius 2 is 2.11 bits per heavy atom. The summed E-state index contributed by atoms with van der Waals surface area (Å²) in [6.45, 7) is 1.70. The van der Waals surface area contributed by atoms with Crippen LogP contribution in [0.1, 0.15) is 25.3 Å². The van der Waals surface area contributed by atoms with Gasteiger partial charge in [0.2, 0.25) is 0 Å². The van der Waals surface area contributed by atoms with E-state index in [1.165, 1.54) is 29.4 Å². The Balaban J connectivity index is 1.71. The highest BCUT2D eigenvalue weighted by Gasteiger charge is 2.26. The maximum absolute atomic E-state index is 9.60. The van der Waals surface area contributed by atoms with Crippen LogP contribution in [0.15, 0.2) is 24.4 Å². The molecule has 2 heterocycles. The first-order valence-corrected chi connectivity index (χ1v) is 6.71. The minimum atomic E-state index is -0.171. The van der Waals surface area contributed by atoms with Crippen LogP contribution in [0.25, 0.3) is 10.9 Å². The summed E-state index contributed by atoms with van der Waals surface area (Å²) in [5.74, 6) is 0. The smallest absolute Gasteiger partial charge is 0.0731 e. The van der Waals surface area contributed by atoms with Crippen molar-refractivity contribution in [1.82, 2.24) is 9.78 Å². The van der Waals surface area contributed by atoms with E-state index in [2.05, 4.69) is 32.9 Å². The molecule has 1 saturated carbocycles. The van der Waals surface area contributed by atoms with Crippen LogP contribution in [0.2, 0.25) is 0 Å². The van der Waals surface area contributed by atoms with Crippen molar-refractivity contribution < 1.29 is 5.11 Å². The van der Waals surface area contributed by atoms with E-state index in [1.54, 1.807) is 0 Å². The van der Waals surface area contributed by atoms with Gasteiger partial charge in [0, 0.05) is 24.2 Å². The summed E-state index contributed by atoms with van der Waals surface area (Å²) in [6, 6.07) is 7.14. The first kappa shape index (κ1) is 10.4. The van der Waals surface area contributed by atoms with E-state index < -0.39 is 0 Å². The Morgan fingerprint density at radius 1 is 1.22 bits per heavy atom. The van der Waals surface area contributed by atoms with Crippen LogP contribution in [-0.4, -0.2) is 34.1 Å². The summed E-state index contributed by atoms with van der Waals surface area (Å²) in [5.41, 5.74) is 2.44. The zero-order valence-corrected chi connectivity index (χ0v) is 10.3. The predicted molar refractivity (Wildman–Crippen MR) is 70.8 cm³/mol. The van der Waals surface area contributed by atoms with E-state index in [-0.39, 0.29) is 6.10 Å². The van der Waals surface area contributed by atoms with Crippen molar-refractivity contribution in [3.05, 3.63) is 24.4 Å². The highest BCUT2D eigenvalue weighted by molar-refractivity contribution is 5.83. The standard InChI is InChI=1S/C14H17N3O/c18-13-5-6-16(9-13)12-3-4-14-10(7-12)8-15-17(14)11-1-2-11/h3-4,7-8,11,13,18H,1-2,5-6,9H2. The number of aromatic nitrogens is 2. The number of aliphatic hydroxyl groups is 1. The molecule has 0 spiro atoms. The van der Waals surface area contributed by atoms with Crippen molar-refractivity contribution in [1.29, 1.82) is 0 Å². The maximum Gasteiger partial charge on any atom is 0.0731 e.